The molecule has 17 heavy (non-hydrogen) atoms. The number of sulfonamides is 1. The van der Waals surface area contributed by atoms with Gasteiger partial charge in [0.25, 0.3) is 0 Å². The van der Waals surface area contributed by atoms with Crippen LogP contribution in [0.1, 0.15) is 40.0 Å². The molecule has 1 rings (SSSR count). The van der Waals surface area contributed by atoms with Gasteiger partial charge in [0.1, 0.15) is 0 Å². The quantitative estimate of drug-likeness (QED) is 0.759. The third kappa shape index (κ3) is 5.36. The molecular weight excluding hydrogens is 236 g/mol. The molecule has 0 bridgehead atoms. The molecule has 4 nitrogen and oxygen atoms in total. The fourth-order valence-electron chi connectivity index (χ4n) is 2.42. The summed E-state index contributed by atoms with van der Waals surface area (Å²) in [6.07, 6.45) is 3.59. The Morgan fingerprint density at radius 1 is 1.18 bits per heavy atom. The van der Waals surface area contributed by atoms with Crippen molar-refractivity contribution >= 4 is 10.0 Å². The zero-order valence-electron chi connectivity index (χ0n) is 11.2. The first-order valence-corrected chi connectivity index (χ1v) is 8.30. The third-order valence-electron chi connectivity index (χ3n) is 3.77. The largest absolute Gasteiger partial charge is 0.313 e. The van der Waals surface area contributed by atoms with E-state index in [4.69, 9.17) is 0 Å². The Hall–Kier alpha value is -0.130. The lowest BCUT2D eigenvalue weighted by Gasteiger charge is -2.32. The second-order valence-corrected chi connectivity index (χ2v) is 7.16. The molecule has 1 aliphatic carbocycles. The van der Waals surface area contributed by atoms with Crippen LogP contribution in [0.15, 0.2) is 0 Å². The number of hydrogen-bond acceptors (Lipinski definition) is 3. The highest BCUT2D eigenvalue weighted by molar-refractivity contribution is 7.89. The minimum Gasteiger partial charge on any atom is -0.313 e. The summed E-state index contributed by atoms with van der Waals surface area (Å²) >= 11 is 0. The molecule has 3 unspecified atom stereocenters. The minimum atomic E-state index is -3.07. The van der Waals surface area contributed by atoms with Crippen LogP contribution in [0.2, 0.25) is 0 Å². The molecule has 1 aliphatic rings. The smallest absolute Gasteiger partial charge is 0.212 e. The summed E-state index contributed by atoms with van der Waals surface area (Å²) in [7, 11) is -3.07. The zero-order chi connectivity index (χ0) is 12.9. The van der Waals surface area contributed by atoms with E-state index in [1.807, 2.05) is 0 Å². The Labute approximate surface area is 106 Å². The molecule has 1 fully saturated rings. The van der Waals surface area contributed by atoms with Crippen molar-refractivity contribution in [3.05, 3.63) is 0 Å². The van der Waals surface area contributed by atoms with Crippen LogP contribution in [0.3, 0.4) is 0 Å². The van der Waals surface area contributed by atoms with E-state index in [1.54, 1.807) is 6.92 Å². The summed E-state index contributed by atoms with van der Waals surface area (Å²) < 4.78 is 25.4. The highest BCUT2D eigenvalue weighted by atomic mass is 32.2. The lowest BCUT2D eigenvalue weighted by atomic mass is 9.79. The van der Waals surface area contributed by atoms with Gasteiger partial charge in [-0.15, -0.1) is 0 Å². The average Bonchev–Trinajstić information content (AvgIpc) is 2.23. The number of nitrogens with one attached hydrogen (secondary N) is 2. The molecule has 0 heterocycles. The summed E-state index contributed by atoms with van der Waals surface area (Å²) in [5, 5.41) is 3.37. The first kappa shape index (κ1) is 14.9. The van der Waals surface area contributed by atoms with Crippen LogP contribution in [0.4, 0.5) is 0 Å². The summed E-state index contributed by atoms with van der Waals surface area (Å²) in [6.45, 7) is 7.42. The van der Waals surface area contributed by atoms with Gasteiger partial charge in [0, 0.05) is 19.1 Å². The molecule has 0 aliphatic heterocycles. The van der Waals surface area contributed by atoms with Gasteiger partial charge in [0.05, 0.1) is 5.75 Å². The number of hydrogen-bond donors (Lipinski definition) is 2. The molecule has 0 spiro atoms. The molecule has 0 aromatic carbocycles. The molecule has 0 saturated heterocycles. The molecule has 0 radical (unpaired) electrons. The second kappa shape index (κ2) is 6.71. The van der Waals surface area contributed by atoms with Crippen molar-refractivity contribution in [2.24, 2.45) is 11.8 Å². The van der Waals surface area contributed by atoms with Gasteiger partial charge in [-0.05, 0) is 31.1 Å². The summed E-state index contributed by atoms with van der Waals surface area (Å²) in [6, 6.07) is 0.498. The zero-order valence-corrected chi connectivity index (χ0v) is 12.0. The van der Waals surface area contributed by atoms with Crippen LogP contribution in [-0.4, -0.2) is 33.3 Å². The maximum absolute atomic E-state index is 11.4. The van der Waals surface area contributed by atoms with Crippen LogP contribution in [0.25, 0.3) is 0 Å². The van der Waals surface area contributed by atoms with Crippen molar-refractivity contribution in [2.45, 2.75) is 46.1 Å². The average molecular weight is 262 g/mol. The fourth-order valence-corrected chi connectivity index (χ4v) is 3.39. The molecule has 0 amide bonds. The van der Waals surface area contributed by atoms with Crippen LogP contribution in [0, 0.1) is 11.8 Å². The Balaban J connectivity index is 2.23. The second-order valence-electron chi connectivity index (χ2n) is 5.24. The lowest BCUT2D eigenvalue weighted by molar-refractivity contribution is 0.228. The maximum Gasteiger partial charge on any atom is 0.212 e. The molecule has 2 N–H and O–H groups in total. The monoisotopic (exact) mass is 262 g/mol. The van der Waals surface area contributed by atoms with Crippen molar-refractivity contribution in [3.63, 3.8) is 0 Å². The SMILES string of the molecule is CCNS(=O)(=O)CCNC1CCC(C)C(C)C1. The maximum atomic E-state index is 11.4. The van der Waals surface area contributed by atoms with Gasteiger partial charge in [-0.3, -0.25) is 0 Å². The Morgan fingerprint density at radius 3 is 2.47 bits per heavy atom. The van der Waals surface area contributed by atoms with Crippen molar-refractivity contribution in [3.8, 4) is 0 Å². The minimum absolute atomic E-state index is 0.182. The lowest BCUT2D eigenvalue weighted by Crippen LogP contribution is -2.40. The third-order valence-corrected chi connectivity index (χ3v) is 5.24. The van der Waals surface area contributed by atoms with E-state index in [9.17, 15) is 8.42 Å². The van der Waals surface area contributed by atoms with E-state index in [0.717, 1.165) is 11.8 Å². The van der Waals surface area contributed by atoms with Gasteiger partial charge in [-0.2, -0.15) is 0 Å². The Bertz CT molecular complexity index is 316. The first-order chi connectivity index (χ1) is 7.94. The predicted octanol–water partition coefficient (Wildman–Crippen LogP) is 1.34. The first-order valence-electron chi connectivity index (χ1n) is 6.65. The van der Waals surface area contributed by atoms with Crippen molar-refractivity contribution in [1.82, 2.24) is 10.0 Å². The van der Waals surface area contributed by atoms with E-state index < -0.39 is 10.0 Å². The van der Waals surface area contributed by atoms with Gasteiger partial charge >= 0.3 is 0 Å². The van der Waals surface area contributed by atoms with Gasteiger partial charge < -0.3 is 5.32 Å². The molecule has 102 valence electrons. The summed E-state index contributed by atoms with van der Waals surface area (Å²) in [5.74, 6) is 1.73. The van der Waals surface area contributed by atoms with E-state index in [0.29, 0.717) is 19.1 Å². The molecule has 0 aromatic rings. The van der Waals surface area contributed by atoms with E-state index in [1.165, 1.54) is 19.3 Å². The Kier molecular flexibility index (Phi) is 5.89. The van der Waals surface area contributed by atoms with Crippen molar-refractivity contribution in [1.29, 1.82) is 0 Å². The van der Waals surface area contributed by atoms with E-state index in [-0.39, 0.29) is 5.75 Å². The van der Waals surface area contributed by atoms with Crippen LogP contribution < -0.4 is 10.0 Å². The highest BCUT2D eigenvalue weighted by Crippen LogP contribution is 2.29. The van der Waals surface area contributed by atoms with Crippen LogP contribution in [0.5, 0.6) is 0 Å². The van der Waals surface area contributed by atoms with E-state index >= 15 is 0 Å². The molecule has 1 saturated carbocycles. The molecule has 0 aromatic heterocycles. The highest BCUT2D eigenvalue weighted by Gasteiger charge is 2.24. The van der Waals surface area contributed by atoms with Gasteiger partial charge in [0.15, 0.2) is 0 Å². The van der Waals surface area contributed by atoms with E-state index in [2.05, 4.69) is 23.9 Å². The summed E-state index contributed by atoms with van der Waals surface area (Å²) in [5.41, 5.74) is 0. The number of rotatable bonds is 6. The van der Waals surface area contributed by atoms with Gasteiger partial charge in [-0.25, -0.2) is 13.1 Å². The predicted molar refractivity (Wildman–Crippen MR) is 71.4 cm³/mol. The summed E-state index contributed by atoms with van der Waals surface area (Å²) in [4.78, 5) is 0. The molecule has 3 atom stereocenters. The standard InChI is InChI=1S/C12H26N2O2S/c1-4-14-17(15,16)8-7-13-12-6-5-10(2)11(3)9-12/h10-14H,4-9H2,1-3H3. The van der Waals surface area contributed by atoms with Crippen molar-refractivity contribution < 1.29 is 8.42 Å². The van der Waals surface area contributed by atoms with Crippen LogP contribution in [-0.2, 0) is 10.0 Å². The van der Waals surface area contributed by atoms with Crippen molar-refractivity contribution in [2.75, 3.05) is 18.8 Å². The topological polar surface area (TPSA) is 58.2 Å². The van der Waals surface area contributed by atoms with Gasteiger partial charge in [0.2, 0.25) is 10.0 Å². The molecule has 5 heteroatoms. The fraction of sp³-hybridized carbons (Fsp3) is 1.00. The van der Waals surface area contributed by atoms with Crippen LogP contribution >= 0.6 is 0 Å². The molecular formula is C12H26N2O2S. The Morgan fingerprint density at radius 2 is 1.88 bits per heavy atom. The normalized spacial score (nSPS) is 30.4. The van der Waals surface area contributed by atoms with Gasteiger partial charge in [-0.1, -0.05) is 20.8 Å².